The lowest BCUT2D eigenvalue weighted by Gasteiger charge is -2.09. The van der Waals surface area contributed by atoms with E-state index < -0.39 is 15.2 Å². The first-order chi connectivity index (χ1) is 11.2. The van der Waals surface area contributed by atoms with Crippen molar-refractivity contribution in [3.05, 3.63) is 44.7 Å². The second-order valence-corrected chi connectivity index (χ2v) is 7.82. The summed E-state index contributed by atoms with van der Waals surface area (Å²) in [4.78, 5) is 8.11. The highest BCUT2D eigenvalue weighted by molar-refractivity contribution is 7.92. The van der Waals surface area contributed by atoms with Crippen LogP contribution in [0.25, 0.3) is 5.78 Å². The molecule has 24 heavy (non-hydrogen) atoms. The molecule has 1 aromatic carbocycles. The minimum absolute atomic E-state index is 0.00227. The van der Waals surface area contributed by atoms with Gasteiger partial charge in [0.15, 0.2) is 0 Å². The maximum absolute atomic E-state index is 12.5. The maximum atomic E-state index is 12.5. The van der Waals surface area contributed by atoms with Gasteiger partial charge in [0.1, 0.15) is 0 Å². The number of benzene rings is 1. The van der Waals surface area contributed by atoms with Gasteiger partial charge in [0.25, 0.3) is 21.0 Å². The third kappa shape index (κ3) is 3.14. The Morgan fingerprint density at radius 3 is 2.29 bits per heavy atom. The minimum Gasteiger partial charge on any atom is -0.274 e. The van der Waals surface area contributed by atoms with Crippen molar-refractivity contribution in [3.8, 4) is 0 Å². The first-order valence-corrected chi connectivity index (χ1v) is 9.17. The average molecular weight is 407 g/mol. The Morgan fingerprint density at radius 2 is 1.67 bits per heavy atom. The number of hydrogen-bond donors (Lipinski definition) is 1. The molecule has 1 N–H and O–H groups in total. The molecule has 126 valence electrons. The van der Waals surface area contributed by atoms with Crippen molar-refractivity contribution >= 4 is 56.3 Å². The lowest BCUT2D eigenvalue weighted by atomic mass is 10.3. The van der Waals surface area contributed by atoms with Crippen LogP contribution in [0.4, 0.5) is 5.69 Å². The molecule has 0 saturated heterocycles. The first-order valence-electron chi connectivity index (χ1n) is 6.56. The van der Waals surface area contributed by atoms with Gasteiger partial charge in [-0.2, -0.15) is 13.4 Å². The average Bonchev–Trinajstić information content (AvgIpc) is 2.88. The molecule has 0 saturated carbocycles. The second kappa shape index (κ2) is 6.03. The summed E-state index contributed by atoms with van der Waals surface area (Å²) in [7, 11) is -4.11. The largest absolute Gasteiger partial charge is 0.299 e. The van der Waals surface area contributed by atoms with Gasteiger partial charge in [0.05, 0.1) is 15.7 Å². The number of halogens is 3. The smallest absolute Gasteiger partial charge is 0.274 e. The zero-order valence-corrected chi connectivity index (χ0v) is 15.5. The summed E-state index contributed by atoms with van der Waals surface area (Å²) in [5.74, 6) is 0.182. The summed E-state index contributed by atoms with van der Waals surface area (Å²) in [6.07, 6.45) is 0. The lowest BCUT2D eigenvalue weighted by Crippen LogP contribution is -2.15. The van der Waals surface area contributed by atoms with Gasteiger partial charge >= 0.3 is 0 Å². The summed E-state index contributed by atoms with van der Waals surface area (Å²) in [6.45, 7) is 3.55. The van der Waals surface area contributed by atoms with E-state index in [0.717, 1.165) is 0 Å². The van der Waals surface area contributed by atoms with E-state index in [9.17, 15) is 8.42 Å². The van der Waals surface area contributed by atoms with Crippen LogP contribution in [0.3, 0.4) is 0 Å². The van der Waals surface area contributed by atoms with E-state index >= 15 is 0 Å². The van der Waals surface area contributed by atoms with E-state index in [1.165, 1.54) is 16.6 Å². The molecule has 2 heterocycles. The fourth-order valence-electron chi connectivity index (χ4n) is 2.08. The molecule has 0 aliphatic heterocycles. The Balaban J connectivity index is 2.07. The summed E-state index contributed by atoms with van der Waals surface area (Å²) in [5, 5.41) is 3.95. The van der Waals surface area contributed by atoms with Crippen LogP contribution in [0.2, 0.25) is 15.1 Å². The van der Waals surface area contributed by atoms with E-state index in [1.807, 2.05) is 0 Å². The van der Waals surface area contributed by atoms with Gasteiger partial charge in [-0.05, 0) is 32.0 Å². The standard InChI is InChI=1S/C13H10Cl3N5O2S/c1-6-3-7(2)21-12(17-6)18-13(19-21)24(22,23)20-11-9(15)4-8(14)5-10(11)16/h3-5,20H,1-2H3. The number of aryl methyl sites for hydroxylation is 2. The minimum atomic E-state index is -4.11. The molecule has 0 fully saturated rings. The van der Waals surface area contributed by atoms with Crippen molar-refractivity contribution in [1.82, 2.24) is 19.6 Å². The Hall–Kier alpha value is -1.61. The van der Waals surface area contributed by atoms with E-state index in [1.54, 1.807) is 19.9 Å². The predicted octanol–water partition coefficient (Wildman–Crippen LogP) is 3.50. The van der Waals surface area contributed by atoms with Crippen molar-refractivity contribution in [2.75, 3.05) is 4.72 Å². The van der Waals surface area contributed by atoms with E-state index in [-0.39, 0.29) is 26.5 Å². The molecule has 3 aromatic rings. The Kier molecular flexibility index (Phi) is 4.33. The molecule has 0 bridgehead atoms. The summed E-state index contributed by atoms with van der Waals surface area (Å²) in [5.41, 5.74) is 1.41. The van der Waals surface area contributed by atoms with Crippen molar-refractivity contribution < 1.29 is 8.42 Å². The maximum Gasteiger partial charge on any atom is 0.299 e. The summed E-state index contributed by atoms with van der Waals surface area (Å²) >= 11 is 17.8. The van der Waals surface area contributed by atoms with Crippen LogP contribution < -0.4 is 4.72 Å². The molecule has 3 rings (SSSR count). The lowest BCUT2D eigenvalue weighted by molar-refractivity contribution is 0.592. The Labute approximate surface area is 152 Å². The molecule has 0 aliphatic carbocycles. The predicted molar refractivity (Wildman–Crippen MR) is 92.5 cm³/mol. The second-order valence-electron chi connectivity index (χ2n) is 5.00. The van der Waals surface area contributed by atoms with Crippen LogP contribution in [-0.2, 0) is 10.0 Å². The van der Waals surface area contributed by atoms with Crippen LogP contribution in [-0.4, -0.2) is 28.0 Å². The van der Waals surface area contributed by atoms with Crippen molar-refractivity contribution in [2.45, 2.75) is 19.0 Å². The molecule has 7 nitrogen and oxygen atoms in total. The van der Waals surface area contributed by atoms with Gasteiger partial charge in [-0.15, -0.1) is 5.10 Å². The van der Waals surface area contributed by atoms with Gasteiger partial charge in [-0.1, -0.05) is 34.8 Å². The highest BCUT2D eigenvalue weighted by atomic mass is 35.5. The monoisotopic (exact) mass is 405 g/mol. The molecule has 0 radical (unpaired) electrons. The van der Waals surface area contributed by atoms with Gasteiger partial charge < -0.3 is 0 Å². The van der Waals surface area contributed by atoms with E-state index in [2.05, 4.69) is 19.8 Å². The first kappa shape index (κ1) is 17.2. The zero-order valence-electron chi connectivity index (χ0n) is 12.4. The van der Waals surface area contributed by atoms with E-state index in [4.69, 9.17) is 34.8 Å². The number of sulfonamides is 1. The third-order valence-corrected chi connectivity index (χ3v) is 5.02. The van der Waals surface area contributed by atoms with Crippen LogP contribution >= 0.6 is 34.8 Å². The van der Waals surface area contributed by atoms with Crippen molar-refractivity contribution in [1.29, 1.82) is 0 Å². The molecule has 0 unspecified atom stereocenters. The highest BCUT2D eigenvalue weighted by Crippen LogP contribution is 2.34. The number of nitrogens with one attached hydrogen (secondary N) is 1. The molecule has 0 atom stereocenters. The van der Waals surface area contributed by atoms with Crippen LogP contribution in [0.15, 0.2) is 23.4 Å². The normalized spacial score (nSPS) is 11.9. The Bertz CT molecular complexity index is 1040. The SMILES string of the molecule is Cc1cc(C)n2nc(S(=O)(=O)Nc3c(Cl)cc(Cl)cc3Cl)nc2n1. The van der Waals surface area contributed by atoms with E-state index in [0.29, 0.717) is 11.4 Å². The van der Waals surface area contributed by atoms with Crippen LogP contribution in [0.1, 0.15) is 11.4 Å². The van der Waals surface area contributed by atoms with Crippen LogP contribution in [0, 0.1) is 13.8 Å². The molecule has 0 amide bonds. The zero-order chi connectivity index (χ0) is 17.6. The number of nitrogens with zero attached hydrogens (tertiary/aromatic N) is 4. The molecule has 0 aliphatic rings. The summed E-state index contributed by atoms with van der Waals surface area (Å²) < 4.78 is 28.7. The Morgan fingerprint density at radius 1 is 1.04 bits per heavy atom. The molecular weight excluding hydrogens is 397 g/mol. The van der Waals surface area contributed by atoms with Gasteiger partial charge in [-0.3, -0.25) is 4.72 Å². The van der Waals surface area contributed by atoms with Crippen molar-refractivity contribution in [3.63, 3.8) is 0 Å². The third-order valence-electron chi connectivity index (χ3n) is 3.08. The summed E-state index contributed by atoms with van der Waals surface area (Å²) in [6, 6.07) is 4.51. The number of anilines is 1. The van der Waals surface area contributed by atoms with Crippen molar-refractivity contribution in [2.24, 2.45) is 0 Å². The molecule has 0 spiro atoms. The fourth-order valence-corrected chi connectivity index (χ4v) is 4.08. The number of hydrogen-bond acceptors (Lipinski definition) is 5. The topological polar surface area (TPSA) is 89.3 Å². The van der Waals surface area contributed by atoms with Gasteiger partial charge in [-0.25, -0.2) is 9.50 Å². The fraction of sp³-hybridized carbons (Fsp3) is 0.154. The molecular formula is C13H10Cl3N5O2S. The quantitative estimate of drug-likeness (QED) is 0.719. The molecule has 11 heteroatoms. The highest BCUT2D eigenvalue weighted by Gasteiger charge is 2.24. The van der Waals surface area contributed by atoms with Gasteiger partial charge in [0, 0.05) is 16.4 Å². The number of fused-ring (bicyclic) bond motifs is 1. The van der Waals surface area contributed by atoms with Gasteiger partial charge in [0.2, 0.25) is 0 Å². The van der Waals surface area contributed by atoms with Crippen LogP contribution in [0.5, 0.6) is 0 Å². The number of rotatable bonds is 3. The molecule has 2 aromatic heterocycles. The number of aromatic nitrogens is 4.